The maximum absolute atomic E-state index is 13.7. The number of benzene rings is 4. The number of nitrogens with one attached hydrogen (secondary N) is 5. The summed E-state index contributed by atoms with van der Waals surface area (Å²) in [5, 5.41) is 29.8. The Bertz CT molecular complexity index is 2170. The van der Waals surface area contributed by atoms with Crippen molar-refractivity contribution in [3.63, 3.8) is 0 Å². The molecule has 15 heteroatoms. The van der Waals surface area contributed by atoms with Crippen LogP contribution < -0.4 is 27.0 Å². The van der Waals surface area contributed by atoms with Gasteiger partial charge in [-0.25, -0.2) is 9.59 Å². The molecule has 0 fully saturated rings. The van der Waals surface area contributed by atoms with Crippen LogP contribution in [0.4, 0.5) is 10.5 Å². The van der Waals surface area contributed by atoms with Crippen molar-refractivity contribution < 1.29 is 43.3 Å². The Balaban J connectivity index is 1.54. The number of hydrogen-bond acceptors (Lipinski definition) is 9. The minimum absolute atomic E-state index is 0.0122. The molecule has 8 N–H and O–H groups in total. The summed E-state index contributed by atoms with van der Waals surface area (Å²) in [6.07, 6.45) is -1.50. The van der Waals surface area contributed by atoms with Crippen LogP contribution in [-0.2, 0) is 41.5 Å². The van der Waals surface area contributed by atoms with E-state index in [9.17, 15) is 33.9 Å². The highest BCUT2D eigenvalue weighted by molar-refractivity contribution is 6.02. The van der Waals surface area contributed by atoms with Crippen LogP contribution in [0.3, 0.4) is 0 Å². The van der Waals surface area contributed by atoms with Crippen molar-refractivity contribution in [2.24, 2.45) is 5.73 Å². The van der Waals surface area contributed by atoms with Crippen molar-refractivity contribution in [2.45, 2.75) is 90.1 Å². The van der Waals surface area contributed by atoms with Crippen molar-refractivity contribution in [3.05, 3.63) is 113 Å². The number of amides is 4. The minimum atomic E-state index is -1.55. The molecule has 4 rings (SSSR count). The number of hydrogen-bond donors (Lipinski definition) is 7. The topological polar surface area (TPSA) is 239 Å². The van der Waals surface area contributed by atoms with E-state index in [-0.39, 0.29) is 29.9 Å². The van der Waals surface area contributed by atoms with E-state index in [0.29, 0.717) is 16.7 Å². The van der Waals surface area contributed by atoms with E-state index in [1.165, 1.54) is 24.3 Å². The summed E-state index contributed by atoms with van der Waals surface area (Å²) >= 11 is 0. The molecular weight excluding hydrogens is 745 g/mol. The standard InChI is InChI=1S/C43H50N6O9/c1-42(2,3)57-35(50)24-33(39(53)48-34(40(54)55)23-28-13-9-12-26-11-7-8-16-31(26)28)47-37(51)29-14-10-15-30(22-29)46-38(52)32(49-41(56)58-43(4,5)6)21-25-17-19-27(20-18-25)36(44)45/h7-20,22,32-34H,21,23-24H2,1-6H3,(H3,44,45)(H,46,52)(H,47,51)(H,48,53)(H,49,56)(H,54,55)/t32-,33-,34-/m0/s1. The fourth-order valence-electron chi connectivity index (χ4n) is 5.85. The minimum Gasteiger partial charge on any atom is -0.480 e. The third kappa shape index (κ3) is 13.5. The normalized spacial score (nSPS) is 12.9. The Hall–Kier alpha value is -6.77. The van der Waals surface area contributed by atoms with Crippen LogP contribution in [0.1, 0.15) is 75.0 Å². The highest BCUT2D eigenvalue weighted by atomic mass is 16.6. The zero-order chi connectivity index (χ0) is 42.8. The second-order valence-electron chi connectivity index (χ2n) is 15.6. The number of carboxylic acids is 1. The van der Waals surface area contributed by atoms with Gasteiger partial charge in [0.2, 0.25) is 11.8 Å². The van der Waals surface area contributed by atoms with Gasteiger partial charge in [-0.1, -0.05) is 72.8 Å². The average Bonchev–Trinajstić information content (AvgIpc) is 3.12. The van der Waals surface area contributed by atoms with Gasteiger partial charge in [0.1, 0.15) is 35.2 Å². The number of aliphatic carboxylic acids is 1. The van der Waals surface area contributed by atoms with E-state index < -0.39 is 71.5 Å². The van der Waals surface area contributed by atoms with Crippen LogP contribution >= 0.6 is 0 Å². The summed E-state index contributed by atoms with van der Waals surface area (Å²) in [6, 6.07) is 21.1. The highest BCUT2D eigenvalue weighted by Crippen LogP contribution is 2.21. The number of alkyl carbamates (subject to hydrolysis) is 1. The molecule has 0 bridgehead atoms. The lowest BCUT2D eigenvalue weighted by atomic mass is 9.98. The molecule has 0 saturated heterocycles. The third-order valence-corrected chi connectivity index (χ3v) is 8.44. The Labute approximate surface area is 336 Å². The highest BCUT2D eigenvalue weighted by Gasteiger charge is 2.31. The first-order valence-electron chi connectivity index (χ1n) is 18.5. The molecule has 0 radical (unpaired) electrons. The number of ether oxygens (including phenoxy) is 2. The van der Waals surface area contributed by atoms with Crippen LogP contribution in [0, 0.1) is 5.41 Å². The predicted molar refractivity (Wildman–Crippen MR) is 218 cm³/mol. The van der Waals surface area contributed by atoms with E-state index in [0.717, 1.165) is 10.8 Å². The Kier molecular flexibility index (Phi) is 14.3. The predicted octanol–water partition coefficient (Wildman–Crippen LogP) is 4.84. The molecule has 3 atom stereocenters. The lowest BCUT2D eigenvalue weighted by Gasteiger charge is -2.24. The van der Waals surface area contributed by atoms with Gasteiger partial charge in [-0.15, -0.1) is 0 Å². The number of fused-ring (bicyclic) bond motifs is 1. The van der Waals surface area contributed by atoms with Crippen molar-refractivity contribution >= 4 is 58.0 Å². The lowest BCUT2D eigenvalue weighted by molar-refractivity contribution is -0.156. The summed E-state index contributed by atoms with van der Waals surface area (Å²) in [5.41, 5.74) is 5.75. The van der Waals surface area contributed by atoms with Crippen LogP contribution in [0.2, 0.25) is 0 Å². The molecule has 306 valence electrons. The zero-order valence-corrected chi connectivity index (χ0v) is 33.3. The first-order valence-corrected chi connectivity index (χ1v) is 18.5. The molecule has 0 saturated carbocycles. The molecule has 58 heavy (non-hydrogen) atoms. The molecule has 0 spiro atoms. The van der Waals surface area contributed by atoms with Crippen LogP contribution in [0.15, 0.2) is 91.0 Å². The van der Waals surface area contributed by atoms with E-state index in [4.69, 9.17) is 20.6 Å². The van der Waals surface area contributed by atoms with Crippen molar-refractivity contribution in [1.29, 1.82) is 5.41 Å². The number of rotatable bonds is 15. The summed E-state index contributed by atoms with van der Waals surface area (Å²) < 4.78 is 10.8. The van der Waals surface area contributed by atoms with Crippen molar-refractivity contribution in [2.75, 3.05) is 5.32 Å². The molecule has 0 aliphatic rings. The molecular formula is C43H50N6O9. The second kappa shape index (κ2) is 18.9. The third-order valence-electron chi connectivity index (χ3n) is 8.44. The molecule has 0 aromatic heterocycles. The van der Waals surface area contributed by atoms with Gasteiger partial charge in [-0.3, -0.25) is 24.6 Å². The molecule has 15 nitrogen and oxygen atoms in total. The second-order valence-corrected chi connectivity index (χ2v) is 15.6. The van der Waals surface area contributed by atoms with Crippen LogP contribution in [-0.4, -0.2) is 76.0 Å². The van der Waals surface area contributed by atoms with Crippen LogP contribution in [0.25, 0.3) is 10.8 Å². The fourth-order valence-corrected chi connectivity index (χ4v) is 5.85. The molecule has 0 heterocycles. The number of anilines is 1. The van der Waals surface area contributed by atoms with Gasteiger partial charge in [-0.05, 0) is 81.6 Å². The first-order chi connectivity index (χ1) is 27.2. The van der Waals surface area contributed by atoms with Gasteiger partial charge in [0, 0.05) is 29.7 Å². The quantitative estimate of drug-likeness (QED) is 0.0491. The fraction of sp³-hybridized carbons (Fsp3) is 0.326. The monoisotopic (exact) mass is 794 g/mol. The molecule has 4 aromatic rings. The molecule has 0 aliphatic heterocycles. The summed E-state index contributed by atoms with van der Waals surface area (Å²) in [5.74, 6) is -4.64. The number of carbonyl (C=O) groups is 6. The Morgan fingerprint density at radius 3 is 1.97 bits per heavy atom. The molecule has 4 amide bonds. The van der Waals surface area contributed by atoms with Gasteiger partial charge in [0.25, 0.3) is 5.91 Å². The molecule has 4 aromatic carbocycles. The number of carboxylic acid groups (broad SMARTS) is 1. The number of esters is 1. The van der Waals surface area contributed by atoms with Gasteiger partial charge in [0.05, 0.1) is 6.42 Å². The van der Waals surface area contributed by atoms with E-state index in [1.807, 2.05) is 30.3 Å². The van der Waals surface area contributed by atoms with Gasteiger partial charge < -0.3 is 41.6 Å². The smallest absolute Gasteiger partial charge is 0.408 e. The molecule has 0 aliphatic carbocycles. The summed E-state index contributed by atoms with van der Waals surface area (Å²) in [4.78, 5) is 79.2. The number of nitrogen functional groups attached to an aromatic ring is 1. The van der Waals surface area contributed by atoms with Gasteiger partial charge in [0.15, 0.2) is 0 Å². The maximum Gasteiger partial charge on any atom is 0.408 e. The van der Waals surface area contributed by atoms with E-state index in [1.54, 1.807) is 77.9 Å². The van der Waals surface area contributed by atoms with E-state index in [2.05, 4.69) is 21.3 Å². The number of amidine groups is 1. The van der Waals surface area contributed by atoms with E-state index >= 15 is 0 Å². The Morgan fingerprint density at radius 2 is 1.33 bits per heavy atom. The first kappa shape index (κ1) is 44.0. The maximum atomic E-state index is 13.7. The lowest BCUT2D eigenvalue weighted by Crippen LogP contribution is -2.53. The van der Waals surface area contributed by atoms with Crippen molar-refractivity contribution in [1.82, 2.24) is 16.0 Å². The summed E-state index contributed by atoms with van der Waals surface area (Å²) in [7, 11) is 0. The van der Waals surface area contributed by atoms with Gasteiger partial charge in [-0.2, -0.15) is 0 Å². The number of carbonyl (C=O) groups excluding carboxylic acids is 5. The zero-order valence-electron chi connectivity index (χ0n) is 33.3. The Morgan fingerprint density at radius 1 is 0.690 bits per heavy atom. The summed E-state index contributed by atoms with van der Waals surface area (Å²) in [6.45, 7) is 9.95. The average molecular weight is 795 g/mol. The molecule has 0 unspecified atom stereocenters. The van der Waals surface area contributed by atoms with Crippen LogP contribution in [0.5, 0.6) is 0 Å². The largest absolute Gasteiger partial charge is 0.480 e. The SMILES string of the molecule is CC(C)(C)OC(=O)C[C@H](NC(=O)c1cccc(NC(=O)[C@H](Cc2ccc(C(=N)N)cc2)NC(=O)OC(C)(C)C)c1)C(=O)N[C@@H](Cc1cccc2ccccc12)C(=O)O. The number of nitrogens with two attached hydrogens (primary N) is 1. The van der Waals surface area contributed by atoms with Gasteiger partial charge >= 0.3 is 18.0 Å². The van der Waals surface area contributed by atoms with Crippen molar-refractivity contribution in [3.8, 4) is 0 Å².